The summed E-state index contributed by atoms with van der Waals surface area (Å²) >= 11 is 3.42. The first-order chi connectivity index (χ1) is 9.74. The molecule has 1 N–H and O–H groups in total. The molecule has 2 nitrogen and oxygen atoms in total. The fourth-order valence-electron chi connectivity index (χ4n) is 3.02. The van der Waals surface area contributed by atoms with Crippen molar-refractivity contribution in [2.45, 2.75) is 39.0 Å². The van der Waals surface area contributed by atoms with Gasteiger partial charge in [0.05, 0.1) is 0 Å². The smallest absolute Gasteiger partial charge is 0.119 e. The monoisotopic (exact) mass is 339 g/mol. The average molecular weight is 340 g/mol. The summed E-state index contributed by atoms with van der Waals surface area (Å²) in [6, 6.07) is 8.00. The molecule has 0 saturated heterocycles. The summed E-state index contributed by atoms with van der Waals surface area (Å²) in [6.45, 7) is 5.19. The lowest BCUT2D eigenvalue weighted by Gasteiger charge is -2.26. The van der Waals surface area contributed by atoms with Crippen LogP contribution in [0.3, 0.4) is 0 Å². The molecule has 1 saturated carbocycles. The fraction of sp³-hybridized carbons (Fsp3) is 0.647. The van der Waals surface area contributed by atoms with Crippen LogP contribution < -0.4 is 10.1 Å². The average Bonchev–Trinajstić information content (AvgIpc) is 2.45. The summed E-state index contributed by atoms with van der Waals surface area (Å²) < 4.78 is 6.77. The second-order valence-electron chi connectivity index (χ2n) is 5.98. The Morgan fingerprint density at radius 1 is 1.20 bits per heavy atom. The minimum absolute atomic E-state index is 0.739. The van der Waals surface area contributed by atoms with Crippen molar-refractivity contribution in [1.82, 2.24) is 5.32 Å². The van der Waals surface area contributed by atoms with E-state index < -0.39 is 0 Å². The van der Waals surface area contributed by atoms with Gasteiger partial charge in [-0.2, -0.15) is 0 Å². The Morgan fingerprint density at radius 2 is 2.00 bits per heavy atom. The van der Waals surface area contributed by atoms with Crippen LogP contribution in [0.5, 0.6) is 5.75 Å². The first-order valence-electron chi connectivity index (χ1n) is 7.83. The Kier molecular flexibility index (Phi) is 6.88. The van der Waals surface area contributed by atoms with Crippen LogP contribution in [0.4, 0.5) is 0 Å². The summed E-state index contributed by atoms with van der Waals surface area (Å²) in [5.41, 5.74) is 0. The van der Waals surface area contributed by atoms with Gasteiger partial charge in [0, 0.05) is 11.0 Å². The number of rotatable bonds is 7. The highest BCUT2D eigenvalue weighted by Gasteiger charge is 2.17. The van der Waals surface area contributed by atoms with E-state index in [1.807, 2.05) is 24.3 Å². The highest BCUT2D eigenvalue weighted by Crippen LogP contribution is 2.30. The van der Waals surface area contributed by atoms with Crippen molar-refractivity contribution >= 4 is 15.9 Å². The van der Waals surface area contributed by atoms with Gasteiger partial charge in [-0.3, -0.25) is 0 Å². The van der Waals surface area contributed by atoms with Gasteiger partial charge in [-0.25, -0.2) is 0 Å². The van der Waals surface area contributed by atoms with E-state index in [1.165, 1.54) is 32.1 Å². The van der Waals surface area contributed by atoms with Gasteiger partial charge in [0.2, 0.25) is 0 Å². The summed E-state index contributed by atoms with van der Waals surface area (Å²) in [5, 5.41) is 3.49. The van der Waals surface area contributed by atoms with Crippen LogP contribution in [-0.4, -0.2) is 19.7 Å². The standard InChI is InChI=1S/C17H26BrNO/c1-14-3-2-4-15(13-14)9-10-19-11-12-20-17-7-5-16(18)6-8-17/h5-8,14-15,19H,2-4,9-13H2,1H3. The second kappa shape index (κ2) is 8.68. The number of hydrogen-bond donors (Lipinski definition) is 1. The van der Waals surface area contributed by atoms with E-state index in [1.54, 1.807) is 0 Å². The van der Waals surface area contributed by atoms with Crippen molar-refractivity contribution < 1.29 is 4.74 Å². The summed E-state index contributed by atoms with van der Waals surface area (Å²) in [6.07, 6.45) is 7.05. The zero-order valence-corrected chi connectivity index (χ0v) is 14.0. The van der Waals surface area contributed by atoms with Crippen LogP contribution in [0.2, 0.25) is 0 Å². The van der Waals surface area contributed by atoms with Gasteiger partial charge in [0.25, 0.3) is 0 Å². The number of nitrogens with one attached hydrogen (secondary N) is 1. The van der Waals surface area contributed by atoms with Gasteiger partial charge in [-0.15, -0.1) is 0 Å². The minimum atomic E-state index is 0.739. The van der Waals surface area contributed by atoms with Gasteiger partial charge in [-0.05, 0) is 55.5 Å². The topological polar surface area (TPSA) is 21.3 Å². The van der Waals surface area contributed by atoms with Crippen LogP contribution in [0.15, 0.2) is 28.7 Å². The van der Waals surface area contributed by atoms with Gasteiger partial charge in [0.1, 0.15) is 12.4 Å². The third kappa shape index (κ3) is 5.84. The molecule has 2 atom stereocenters. The van der Waals surface area contributed by atoms with Crippen molar-refractivity contribution in [2.24, 2.45) is 11.8 Å². The molecule has 1 aliphatic carbocycles. The molecule has 112 valence electrons. The van der Waals surface area contributed by atoms with Crippen LogP contribution in [0, 0.1) is 11.8 Å². The lowest BCUT2D eigenvalue weighted by molar-refractivity contribution is 0.263. The highest BCUT2D eigenvalue weighted by molar-refractivity contribution is 9.10. The maximum absolute atomic E-state index is 5.69. The molecule has 1 aliphatic rings. The molecule has 0 spiro atoms. The third-order valence-electron chi connectivity index (χ3n) is 4.14. The summed E-state index contributed by atoms with van der Waals surface area (Å²) in [4.78, 5) is 0. The van der Waals surface area contributed by atoms with E-state index in [0.717, 1.165) is 41.8 Å². The van der Waals surface area contributed by atoms with Crippen LogP contribution in [0.25, 0.3) is 0 Å². The Hall–Kier alpha value is -0.540. The maximum atomic E-state index is 5.69. The maximum Gasteiger partial charge on any atom is 0.119 e. The summed E-state index contributed by atoms with van der Waals surface area (Å²) in [7, 11) is 0. The molecule has 0 amide bonds. The summed E-state index contributed by atoms with van der Waals surface area (Å²) in [5.74, 6) is 2.82. The van der Waals surface area contributed by atoms with Crippen molar-refractivity contribution in [3.63, 3.8) is 0 Å². The number of ether oxygens (including phenoxy) is 1. The van der Waals surface area contributed by atoms with Crippen molar-refractivity contribution in [3.8, 4) is 5.75 Å². The highest BCUT2D eigenvalue weighted by atomic mass is 79.9. The van der Waals surface area contributed by atoms with E-state index >= 15 is 0 Å². The predicted octanol–water partition coefficient (Wildman–Crippen LogP) is 4.63. The lowest BCUT2D eigenvalue weighted by Crippen LogP contribution is -2.25. The van der Waals surface area contributed by atoms with E-state index in [9.17, 15) is 0 Å². The zero-order valence-electron chi connectivity index (χ0n) is 12.4. The SMILES string of the molecule is CC1CCCC(CCNCCOc2ccc(Br)cc2)C1. The molecule has 0 aromatic heterocycles. The molecule has 1 aromatic rings. The normalized spacial score (nSPS) is 22.7. The molecule has 0 heterocycles. The van der Waals surface area contributed by atoms with E-state index in [0.29, 0.717) is 0 Å². The molecule has 2 rings (SSSR count). The Labute approximate surface area is 131 Å². The van der Waals surface area contributed by atoms with Gasteiger partial charge < -0.3 is 10.1 Å². The Balaban J connectivity index is 1.50. The lowest BCUT2D eigenvalue weighted by atomic mass is 9.81. The second-order valence-corrected chi connectivity index (χ2v) is 6.89. The number of hydrogen-bond acceptors (Lipinski definition) is 2. The van der Waals surface area contributed by atoms with Crippen LogP contribution in [0.1, 0.15) is 39.0 Å². The van der Waals surface area contributed by atoms with Crippen molar-refractivity contribution in [2.75, 3.05) is 19.7 Å². The zero-order chi connectivity index (χ0) is 14.2. The number of halogens is 1. The minimum Gasteiger partial charge on any atom is -0.492 e. The molecule has 1 aromatic carbocycles. The number of benzene rings is 1. The van der Waals surface area contributed by atoms with Crippen molar-refractivity contribution in [3.05, 3.63) is 28.7 Å². The molecular formula is C17H26BrNO. The van der Waals surface area contributed by atoms with Gasteiger partial charge in [0.15, 0.2) is 0 Å². The van der Waals surface area contributed by atoms with Crippen LogP contribution in [-0.2, 0) is 0 Å². The molecule has 0 aliphatic heterocycles. The quantitative estimate of drug-likeness (QED) is 0.731. The third-order valence-corrected chi connectivity index (χ3v) is 4.66. The van der Waals surface area contributed by atoms with Gasteiger partial charge >= 0.3 is 0 Å². The largest absolute Gasteiger partial charge is 0.492 e. The molecule has 2 unspecified atom stereocenters. The van der Waals surface area contributed by atoms with Crippen molar-refractivity contribution in [1.29, 1.82) is 0 Å². The Morgan fingerprint density at radius 3 is 2.75 bits per heavy atom. The first kappa shape index (κ1) is 15.8. The van der Waals surface area contributed by atoms with Crippen LogP contribution >= 0.6 is 15.9 Å². The molecular weight excluding hydrogens is 314 g/mol. The van der Waals surface area contributed by atoms with Gasteiger partial charge in [-0.1, -0.05) is 42.1 Å². The van der Waals surface area contributed by atoms with E-state index in [4.69, 9.17) is 4.74 Å². The predicted molar refractivity (Wildman–Crippen MR) is 88.2 cm³/mol. The molecule has 3 heteroatoms. The fourth-order valence-corrected chi connectivity index (χ4v) is 3.29. The molecule has 1 fully saturated rings. The van der Waals surface area contributed by atoms with E-state index in [2.05, 4.69) is 28.2 Å². The molecule has 0 radical (unpaired) electrons. The Bertz CT molecular complexity index is 379. The molecule has 20 heavy (non-hydrogen) atoms. The first-order valence-corrected chi connectivity index (χ1v) is 8.62. The van der Waals surface area contributed by atoms with E-state index in [-0.39, 0.29) is 0 Å². The molecule has 0 bridgehead atoms.